The van der Waals surface area contributed by atoms with E-state index in [4.69, 9.17) is 18.8 Å². The van der Waals surface area contributed by atoms with Crippen molar-refractivity contribution in [3.8, 4) is 0 Å². The molecule has 2 amide bonds. The highest BCUT2D eigenvalue weighted by Crippen LogP contribution is 2.65. The summed E-state index contributed by atoms with van der Waals surface area (Å²) >= 11 is 0. The molecule has 222 valence electrons. The molecule has 1 heterocycles. The molecule has 5 rings (SSSR count). The maximum absolute atomic E-state index is 13.8. The van der Waals surface area contributed by atoms with Gasteiger partial charge in [-0.1, -0.05) is 58.0 Å². The first kappa shape index (κ1) is 30.9. The van der Waals surface area contributed by atoms with E-state index in [1.807, 2.05) is 51.1 Å². The summed E-state index contributed by atoms with van der Waals surface area (Å²) in [5.74, 6) is 0.640. The zero-order valence-corrected chi connectivity index (χ0v) is 25.8. The second-order valence-electron chi connectivity index (χ2n) is 14.2. The van der Waals surface area contributed by atoms with Gasteiger partial charge >= 0.3 is 13.2 Å². The lowest BCUT2D eigenvalue weighted by atomic mass is 9.43. The van der Waals surface area contributed by atoms with Gasteiger partial charge in [0.15, 0.2) is 0 Å². The molecule has 9 heteroatoms. The highest BCUT2D eigenvalue weighted by atomic mass is 16.7. The molecule has 1 aliphatic heterocycles. The first-order valence-electron chi connectivity index (χ1n) is 14.9. The van der Waals surface area contributed by atoms with Crippen LogP contribution in [0.25, 0.3) is 0 Å². The van der Waals surface area contributed by atoms with Crippen LogP contribution in [0, 0.1) is 23.2 Å². The average Bonchev–Trinajstić information content (AvgIpc) is 3.22. The van der Waals surface area contributed by atoms with E-state index in [1.165, 1.54) is 0 Å². The van der Waals surface area contributed by atoms with Gasteiger partial charge in [-0.3, -0.25) is 4.79 Å². The fourth-order valence-electron chi connectivity index (χ4n) is 7.00. The monoisotopic (exact) mass is 556 g/mol. The topological polar surface area (TPSA) is 95.1 Å². The molecule has 1 aromatic carbocycles. The first-order chi connectivity index (χ1) is 18.6. The largest absolute Gasteiger partial charge is 0.481 e. The van der Waals surface area contributed by atoms with Crippen LogP contribution in [0.15, 0.2) is 30.3 Å². The number of amides is 2. The Labute approximate surface area is 240 Å². The summed E-state index contributed by atoms with van der Waals surface area (Å²) in [6.07, 6.45) is 1.55. The van der Waals surface area contributed by atoms with Crippen molar-refractivity contribution < 1.29 is 28.4 Å². The van der Waals surface area contributed by atoms with Gasteiger partial charge in [-0.15, -0.1) is 0 Å². The Morgan fingerprint density at radius 1 is 1.07 bits per heavy atom. The number of nitrogens with one attached hydrogen (secondary N) is 2. The molecule has 3 aliphatic carbocycles. The maximum Gasteiger partial charge on any atom is 0.481 e. The summed E-state index contributed by atoms with van der Waals surface area (Å²) in [4.78, 5) is 26.6. The van der Waals surface area contributed by atoms with Crippen LogP contribution in [0.4, 0.5) is 4.79 Å². The first-order valence-corrected chi connectivity index (χ1v) is 14.9. The standard InChI is InChI=1S/C31H49BN2O6/c1-19(2)15-25(32-39-24-17-22-16-23(30(22,7)8)31(24,9)40-32)33-27(35)26(20(3)38-29(4,5)6)34-28(36)37-18-21-13-11-10-12-14-21/h10-14,19-20,22-26H,15-18H2,1-9H3,(H,33,35)(H,34,36)/t20-,22+,23+,24-,25+,26+,31+/m1/s1. The highest BCUT2D eigenvalue weighted by molar-refractivity contribution is 6.48. The third kappa shape index (κ3) is 6.68. The molecule has 2 bridgehead atoms. The van der Waals surface area contributed by atoms with E-state index in [9.17, 15) is 9.59 Å². The Kier molecular flexibility index (Phi) is 8.99. The van der Waals surface area contributed by atoms with Crippen molar-refractivity contribution in [3.63, 3.8) is 0 Å². The average molecular weight is 557 g/mol. The second-order valence-corrected chi connectivity index (χ2v) is 14.2. The van der Waals surface area contributed by atoms with E-state index in [-0.39, 0.29) is 35.6 Å². The number of carbonyl (C=O) groups excluding carboxylic acids is 2. The lowest BCUT2D eigenvalue weighted by molar-refractivity contribution is -0.199. The fraction of sp³-hybridized carbons (Fsp3) is 0.742. The lowest BCUT2D eigenvalue weighted by Gasteiger charge is -2.64. The minimum atomic E-state index is -0.969. The molecule has 7 atom stereocenters. The summed E-state index contributed by atoms with van der Waals surface area (Å²) < 4.78 is 24.8. The van der Waals surface area contributed by atoms with Crippen molar-refractivity contribution in [1.29, 1.82) is 0 Å². The van der Waals surface area contributed by atoms with E-state index in [0.717, 1.165) is 18.4 Å². The van der Waals surface area contributed by atoms with Gasteiger partial charge in [0.05, 0.1) is 29.4 Å². The van der Waals surface area contributed by atoms with E-state index in [0.29, 0.717) is 24.2 Å². The van der Waals surface area contributed by atoms with Gasteiger partial charge in [-0.2, -0.15) is 0 Å². The summed E-state index contributed by atoms with van der Waals surface area (Å²) in [5.41, 5.74) is 0.209. The molecule has 0 unspecified atom stereocenters. The number of rotatable bonds is 10. The molecule has 4 aliphatic rings. The van der Waals surface area contributed by atoms with Gasteiger partial charge in [0.25, 0.3) is 0 Å². The smallest absolute Gasteiger partial charge is 0.445 e. The van der Waals surface area contributed by atoms with E-state index < -0.39 is 31.0 Å². The molecule has 1 saturated heterocycles. The molecule has 2 N–H and O–H groups in total. The molecule has 40 heavy (non-hydrogen) atoms. The van der Waals surface area contributed by atoms with Crippen LogP contribution >= 0.6 is 0 Å². The Morgan fingerprint density at radius 3 is 2.35 bits per heavy atom. The van der Waals surface area contributed by atoms with Crippen LogP contribution in [-0.4, -0.2) is 54.5 Å². The van der Waals surface area contributed by atoms with Crippen LogP contribution in [-0.2, 0) is 30.2 Å². The summed E-state index contributed by atoms with van der Waals surface area (Å²) in [6.45, 7) is 18.7. The summed E-state index contributed by atoms with van der Waals surface area (Å²) in [5, 5.41) is 5.93. The van der Waals surface area contributed by atoms with E-state index >= 15 is 0 Å². The maximum atomic E-state index is 13.8. The quantitative estimate of drug-likeness (QED) is 0.381. The Morgan fingerprint density at radius 2 is 1.75 bits per heavy atom. The zero-order valence-electron chi connectivity index (χ0n) is 25.8. The summed E-state index contributed by atoms with van der Waals surface area (Å²) in [6, 6.07) is 8.46. The van der Waals surface area contributed by atoms with Crippen molar-refractivity contribution in [2.24, 2.45) is 23.2 Å². The lowest BCUT2D eigenvalue weighted by Crippen LogP contribution is -2.65. The predicted molar refractivity (Wildman–Crippen MR) is 155 cm³/mol. The third-order valence-electron chi connectivity index (χ3n) is 9.13. The van der Waals surface area contributed by atoms with Crippen LogP contribution in [0.5, 0.6) is 0 Å². The molecular weight excluding hydrogens is 507 g/mol. The zero-order chi connectivity index (χ0) is 29.5. The Bertz CT molecular complexity index is 1040. The van der Waals surface area contributed by atoms with Gasteiger partial charge in [-0.25, -0.2) is 4.79 Å². The van der Waals surface area contributed by atoms with Crippen molar-refractivity contribution in [1.82, 2.24) is 10.6 Å². The van der Waals surface area contributed by atoms with Crippen LogP contribution < -0.4 is 10.6 Å². The fourth-order valence-corrected chi connectivity index (χ4v) is 7.00. The summed E-state index contributed by atoms with van der Waals surface area (Å²) in [7, 11) is -0.555. The number of hydrogen-bond donors (Lipinski definition) is 2. The third-order valence-corrected chi connectivity index (χ3v) is 9.13. The van der Waals surface area contributed by atoms with Gasteiger partial charge in [0, 0.05) is 0 Å². The molecular formula is C31H49BN2O6. The van der Waals surface area contributed by atoms with Crippen molar-refractivity contribution in [2.45, 2.75) is 124 Å². The predicted octanol–water partition coefficient (Wildman–Crippen LogP) is 5.28. The number of carbonyl (C=O) groups is 2. The van der Waals surface area contributed by atoms with Crippen molar-refractivity contribution in [3.05, 3.63) is 35.9 Å². The highest BCUT2D eigenvalue weighted by Gasteiger charge is 2.68. The molecule has 0 spiro atoms. The Balaban J connectivity index is 1.47. The normalized spacial score (nSPS) is 29.1. The molecule has 3 saturated carbocycles. The molecule has 4 fully saturated rings. The van der Waals surface area contributed by atoms with Gasteiger partial charge < -0.3 is 29.4 Å². The number of benzene rings is 1. The molecule has 0 aromatic heterocycles. The minimum absolute atomic E-state index is 0.0193. The van der Waals surface area contributed by atoms with Crippen molar-refractivity contribution >= 4 is 19.1 Å². The van der Waals surface area contributed by atoms with Crippen LogP contribution in [0.3, 0.4) is 0 Å². The minimum Gasteiger partial charge on any atom is -0.445 e. The van der Waals surface area contributed by atoms with Gasteiger partial charge in [-0.05, 0) is 82.6 Å². The van der Waals surface area contributed by atoms with Gasteiger partial charge in [0.1, 0.15) is 12.6 Å². The van der Waals surface area contributed by atoms with Crippen molar-refractivity contribution in [2.75, 3.05) is 0 Å². The SMILES string of the molecule is CC(C)C[C@H](NC(=O)[C@@H](NC(=O)OCc1ccccc1)[C@@H](C)OC(C)(C)C)B1O[C@@H]2C[C@@H]3C[C@@H](C3(C)C)[C@]2(C)O1. The number of ether oxygens (including phenoxy) is 2. The molecule has 8 nitrogen and oxygen atoms in total. The Hall–Kier alpha value is -2.10. The van der Waals surface area contributed by atoms with Crippen LogP contribution in [0.1, 0.15) is 87.1 Å². The molecule has 1 aromatic rings. The number of hydrogen-bond acceptors (Lipinski definition) is 6. The van der Waals surface area contributed by atoms with E-state index in [1.54, 1.807) is 6.92 Å². The molecule has 0 radical (unpaired) electrons. The van der Waals surface area contributed by atoms with E-state index in [2.05, 4.69) is 45.3 Å². The second kappa shape index (κ2) is 11.6. The number of alkyl carbamates (subject to hydrolysis) is 1. The van der Waals surface area contributed by atoms with Gasteiger partial charge in [0.2, 0.25) is 5.91 Å². The van der Waals surface area contributed by atoms with Crippen LogP contribution in [0.2, 0.25) is 0 Å².